The second-order valence-corrected chi connectivity index (χ2v) is 6.45. The number of nitrogens with one attached hydrogen (secondary N) is 2. The minimum atomic E-state index is -0.155. The number of benzene rings is 1. The summed E-state index contributed by atoms with van der Waals surface area (Å²) < 4.78 is 0. The average Bonchev–Trinajstić information content (AvgIpc) is 2.92. The molecule has 0 fully saturated rings. The molecule has 0 aliphatic heterocycles. The monoisotopic (exact) mass is 314 g/mol. The van der Waals surface area contributed by atoms with Gasteiger partial charge in [0.05, 0.1) is 23.6 Å². The van der Waals surface area contributed by atoms with Crippen molar-refractivity contribution < 1.29 is 9.69 Å². The van der Waals surface area contributed by atoms with Crippen molar-refractivity contribution in [2.24, 2.45) is 0 Å². The number of anilines is 1. The van der Waals surface area contributed by atoms with Crippen LogP contribution in [-0.4, -0.2) is 19.0 Å². The first-order valence-electron chi connectivity index (χ1n) is 7.17. The molecule has 0 radical (unpaired) electrons. The van der Waals surface area contributed by atoms with Gasteiger partial charge >= 0.3 is 0 Å². The Morgan fingerprint density at radius 1 is 1.36 bits per heavy atom. The van der Waals surface area contributed by atoms with Crippen LogP contribution < -0.4 is 10.2 Å². The van der Waals surface area contributed by atoms with Crippen molar-refractivity contribution >= 4 is 22.9 Å². The third kappa shape index (κ3) is 3.94. The van der Waals surface area contributed by atoms with Crippen molar-refractivity contribution in [1.29, 1.82) is 5.26 Å². The number of aryl methyl sites for hydroxylation is 1. The number of rotatable bonds is 5. The predicted octanol–water partition coefficient (Wildman–Crippen LogP) is 1.97. The lowest BCUT2D eigenvalue weighted by Crippen LogP contribution is -3.12. The highest BCUT2D eigenvalue weighted by atomic mass is 32.1. The highest BCUT2D eigenvalue weighted by Crippen LogP contribution is 2.14. The zero-order valence-electron chi connectivity index (χ0n) is 13.0. The highest BCUT2D eigenvalue weighted by Gasteiger charge is 2.22. The molecule has 2 aromatic rings. The van der Waals surface area contributed by atoms with Crippen molar-refractivity contribution in [2.75, 3.05) is 12.4 Å². The summed E-state index contributed by atoms with van der Waals surface area (Å²) in [6, 6.07) is 10.9. The molecule has 114 valence electrons. The van der Waals surface area contributed by atoms with Crippen LogP contribution >= 0.6 is 11.3 Å². The van der Waals surface area contributed by atoms with Crippen LogP contribution in [0.2, 0.25) is 0 Å². The Hall–Kier alpha value is -2.16. The van der Waals surface area contributed by atoms with Crippen molar-refractivity contribution in [2.45, 2.75) is 26.4 Å². The summed E-state index contributed by atoms with van der Waals surface area (Å²) in [6.45, 7) is 4.86. The van der Waals surface area contributed by atoms with Crippen LogP contribution in [0.1, 0.15) is 22.9 Å². The molecule has 22 heavy (non-hydrogen) atoms. The first-order chi connectivity index (χ1) is 10.5. The second kappa shape index (κ2) is 7.21. The van der Waals surface area contributed by atoms with E-state index in [2.05, 4.69) is 29.8 Å². The van der Waals surface area contributed by atoms with E-state index in [0.29, 0.717) is 5.56 Å². The molecule has 4 nitrogen and oxygen atoms in total. The number of thiophene rings is 1. The molecule has 2 atom stereocenters. The number of likely N-dealkylation sites (N-methyl/N-ethyl adjacent to an activating group) is 1. The van der Waals surface area contributed by atoms with Gasteiger partial charge in [-0.15, -0.1) is 11.3 Å². The van der Waals surface area contributed by atoms with Crippen LogP contribution in [0, 0.1) is 18.3 Å². The number of quaternary nitrogens is 1. The Labute approximate surface area is 135 Å². The van der Waals surface area contributed by atoms with Gasteiger partial charge < -0.3 is 10.2 Å². The molecule has 0 saturated carbocycles. The molecule has 0 saturated heterocycles. The first-order valence-corrected chi connectivity index (χ1v) is 8.05. The van der Waals surface area contributed by atoms with E-state index in [-0.39, 0.29) is 11.9 Å². The van der Waals surface area contributed by atoms with Gasteiger partial charge in [-0.25, -0.2) is 0 Å². The fourth-order valence-corrected chi connectivity index (χ4v) is 3.10. The number of nitriles is 1. The second-order valence-electron chi connectivity index (χ2n) is 5.45. The normalized spacial score (nSPS) is 13.2. The topological polar surface area (TPSA) is 57.3 Å². The van der Waals surface area contributed by atoms with Gasteiger partial charge in [0, 0.05) is 5.69 Å². The van der Waals surface area contributed by atoms with Crippen molar-refractivity contribution in [3.05, 3.63) is 51.7 Å². The molecule has 0 aliphatic rings. The van der Waals surface area contributed by atoms with E-state index in [1.54, 1.807) is 35.6 Å². The highest BCUT2D eigenvalue weighted by molar-refractivity contribution is 7.10. The van der Waals surface area contributed by atoms with Crippen LogP contribution in [0.4, 0.5) is 5.69 Å². The molecule has 0 bridgehead atoms. The molecule has 1 amide bonds. The Morgan fingerprint density at radius 3 is 2.59 bits per heavy atom. The third-order valence-electron chi connectivity index (χ3n) is 3.82. The van der Waals surface area contributed by atoms with E-state index < -0.39 is 0 Å². The van der Waals surface area contributed by atoms with Crippen LogP contribution in [-0.2, 0) is 11.3 Å². The van der Waals surface area contributed by atoms with Gasteiger partial charge in [0.15, 0.2) is 6.04 Å². The predicted molar refractivity (Wildman–Crippen MR) is 88.9 cm³/mol. The fourth-order valence-electron chi connectivity index (χ4n) is 2.09. The van der Waals surface area contributed by atoms with Crippen LogP contribution in [0.3, 0.4) is 0 Å². The van der Waals surface area contributed by atoms with E-state index in [1.807, 2.05) is 14.0 Å². The van der Waals surface area contributed by atoms with Gasteiger partial charge in [0.25, 0.3) is 5.91 Å². The summed E-state index contributed by atoms with van der Waals surface area (Å²) >= 11 is 1.73. The summed E-state index contributed by atoms with van der Waals surface area (Å²) in [5.41, 5.74) is 2.59. The van der Waals surface area contributed by atoms with E-state index in [1.165, 1.54) is 10.4 Å². The van der Waals surface area contributed by atoms with Crippen molar-refractivity contribution in [1.82, 2.24) is 0 Å². The first kappa shape index (κ1) is 16.2. The van der Waals surface area contributed by atoms with Gasteiger partial charge in [-0.2, -0.15) is 5.26 Å². The summed E-state index contributed by atoms with van der Waals surface area (Å²) in [6.07, 6.45) is 0. The Kier molecular flexibility index (Phi) is 5.31. The zero-order valence-corrected chi connectivity index (χ0v) is 13.8. The number of amides is 1. The Morgan fingerprint density at radius 2 is 2.05 bits per heavy atom. The van der Waals surface area contributed by atoms with Crippen LogP contribution in [0.5, 0.6) is 0 Å². The minimum Gasteiger partial charge on any atom is -0.323 e. The van der Waals surface area contributed by atoms with Crippen molar-refractivity contribution in [3.8, 4) is 6.07 Å². The maximum Gasteiger partial charge on any atom is 0.282 e. The van der Waals surface area contributed by atoms with Gasteiger partial charge in [-0.3, -0.25) is 4.79 Å². The van der Waals surface area contributed by atoms with Gasteiger partial charge in [-0.05, 0) is 55.1 Å². The molecule has 2 rings (SSSR count). The Bertz CT molecular complexity index is 685. The number of nitrogens with zero attached hydrogens (tertiary/aromatic N) is 1. The molecule has 5 heteroatoms. The minimum absolute atomic E-state index is 0.0172. The lowest BCUT2D eigenvalue weighted by molar-refractivity contribution is -0.907. The van der Waals surface area contributed by atoms with Crippen LogP contribution in [0.15, 0.2) is 35.7 Å². The van der Waals surface area contributed by atoms with Crippen molar-refractivity contribution in [3.63, 3.8) is 0 Å². The summed E-state index contributed by atoms with van der Waals surface area (Å²) in [4.78, 5) is 14.8. The number of carbonyl (C=O) groups excluding carboxylic acids is 1. The SMILES string of the molecule is Cc1ccsc1C[NH+](C)[C@@H](C)C(=O)Nc1ccc(C#N)cc1. The Balaban J connectivity index is 1.96. The number of hydrogen-bond donors (Lipinski definition) is 2. The molecule has 0 spiro atoms. The van der Waals surface area contributed by atoms with E-state index in [4.69, 9.17) is 5.26 Å². The molecule has 2 N–H and O–H groups in total. The number of carbonyl (C=O) groups is 1. The molecule has 1 heterocycles. The van der Waals surface area contributed by atoms with E-state index >= 15 is 0 Å². The largest absolute Gasteiger partial charge is 0.323 e. The molecular formula is C17H20N3OS+. The fraction of sp³-hybridized carbons (Fsp3) is 0.294. The average molecular weight is 314 g/mol. The quantitative estimate of drug-likeness (QED) is 0.886. The van der Waals surface area contributed by atoms with E-state index in [0.717, 1.165) is 17.1 Å². The zero-order chi connectivity index (χ0) is 16.1. The standard InChI is InChI=1S/C17H19N3OS/c1-12-8-9-22-16(12)11-20(3)13(2)17(21)19-15-6-4-14(10-18)5-7-15/h4-9,13H,11H2,1-3H3,(H,19,21)/p+1/t13-/m0/s1. The summed E-state index contributed by atoms with van der Waals surface area (Å²) in [7, 11) is 2.03. The smallest absolute Gasteiger partial charge is 0.282 e. The third-order valence-corrected chi connectivity index (χ3v) is 4.84. The summed E-state index contributed by atoms with van der Waals surface area (Å²) in [5.74, 6) is -0.0172. The van der Waals surface area contributed by atoms with Gasteiger partial charge in [0.1, 0.15) is 6.54 Å². The van der Waals surface area contributed by atoms with Gasteiger partial charge in [0.2, 0.25) is 0 Å². The molecule has 1 unspecified atom stereocenters. The molecule has 1 aromatic carbocycles. The lowest BCUT2D eigenvalue weighted by atomic mass is 10.2. The molecular weight excluding hydrogens is 294 g/mol. The maximum atomic E-state index is 12.3. The molecule has 0 aliphatic carbocycles. The maximum absolute atomic E-state index is 12.3. The summed E-state index contributed by atoms with van der Waals surface area (Å²) in [5, 5.41) is 13.8. The number of hydrogen-bond acceptors (Lipinski definition) is 3. The van der Waals surface area contributed by atoms with Gasteiger partial charge in [-0.1, -0.05) is 0 Å². The molecule has 1 aromatic heterocycles. The van der Waals surface area contributed by atoms with Crippen LogP contribution in [0.25, 0.3) is 0 Å². The van der Waals surface area contributed by atoms with E-state index in [9.17, 15) is 4.79 Å². The lowest BCUT2D eigenvalue weighted by Gasteiger charge is -2.21.